The van der Waals surface area contributed by atoms with Crippen molar-refractivity contribution in [1.82, 2.24) is 9.97 Å². The molecule has 164 valence electrons. The Morgan fingerprint density at radius 2 is 1.81 bits per heavy atom. The van der Waals surface area contributed by atoms with Gasteiger partial charge in [0.1, 0.15) is 22.3 Å². The second-order valence-corrected chi connectivity index (χ2v) is 7.17. The van der Waals surface area contributed by atoms with Crippen molar-refractivity contribution in [3.8, 4) is 11.5 Å². The highest BCUT2D eigenvalue weighted by Crippen LogP contribution is 2.36. The van der Waals surface area contributed by atoms with Crippen molar-refractivity contribution in [2.75, 3.05) is 18.5 Å². The molecular weight excluding hydrogens is 441 g/mol. The number of nitrogens with zero attached hydrogens (tertiary/aromatic N) is 3. The summed E-state index contributed by atoms with van der Waals surface area (Å²) in [5, 5.41) is -0.146. The number of ether oxygens (including phenoxy) is 2. The molecule has 0 N–H and O–H groups in total. The molecule has 31 heavy (non-hydrogen) atoms. The molecule has 3 rings (SSSR count). The van der Waals surface area contributed by atoms with Crippen molar-refractivity contribution in [2.45, 2.75) is 17.7 Å². The van der Waals surface area contributed by atoms with Gasteiger partial charge in [-0.3, -0.25) is 4.31 Å². The molecule has 5 nitrogen and oxygen atoms in total. The minimum absolute atomic E-state index is 0.0642. The van der Waals surface area contributed by atoms with E-state index >= 15 is 0 Å². The summed E-state index contributed by atoms with van der Waals surface area (Å²) in [4.78, 5) is 7.52. The summed E-state index contributed by atoms with van der Waals surface area (Å²) in [7, 11) is 2.94. The van der Waals surface area contributed by atoms with Crippen molar-refractivity contribution in [3.63, 3.8) is 0 Å². The van der Waals surface area contributed by atoms with Crippen molar-refractivity contribution in [2.24, 2.45) is 0 Å². The Bertz CT molecular complexity index is 1070. The highest BCUT2D eigenvalue weighted by atomic mass is 32.2. The number of rotatable bonds is 7. The zero-order valence-corrected chi connectivity index (χ0v) is 17.1. The molecule has 11 heteroatoms. The standard InChI is InChI=1S/C20H16F5N3O2S/c1-29-13-7-6-12(16(8-13)30-2)11-28(18-5-3-4-17(22)27-18)31-19-9-14(20(23,24)25)15(21)10-26-19/h3-10H,11H2,1-2H3. The van der Waals surface area contributed by atoms with Crippen LogP contribution in [-0.4, -0.2) is 24.2 Å². The largest absolute Gasteiger partial charge is 0.497 e. The first kappa shape index (κ1) is 22.6. The van der Waals surface area contributed by atoms with Crippen LogP contribution < -0.4 is 13.8 Å². The number of pyridine rings is 2. The molecule has 0 saturated carbocycles. The average Bonchev–Trinajstić information content (AvgIpc) is 2.74. The van der Waals surface area contributed by atoms with Crippen molar-refractivity contribution in [3.05, 3.63) is 71.6 Å². The topological polar surface area (TPSA) is 47.5 Å². The Kier molecular flexibility index (Phi) is 6.84. The van der Waals surface area contributed by atoms with Crippen LogP contribution in [0.2, 0.25) is 0 Å². The smallest absolute Gasteiger partial charge is 0.419 e. The van der Waals surface area contributed by atoms with Gasteiger partial charge in [0.15, 0.2) is 5.82 Å². The van der Waals surface area contributed by atoms with Crippen LogP contribution in [0.25, 0.3) is 0 Å². The van der Waals surface area contributed by atoms with E-state index in [1.54, 1.807) is 18.2 Å². The predicted molar refractivity (Wildman–Crippen MR) is 105 cm³/mol. The molecule has 2 heterocycles. The third-order valence-corrected chi connectivity index (χ3v) is 5.05. The first-order valence-corrected chi connectivity index (χ1v) is 9.50. The Hall–Kier alpha value is -3.08. The minimum atomic E-state index is -4.89. The molecule has 0 saturated heterocycles. The Morgan fingerprint density at radius 3 is 2.45 bits per heavy atom. The fourth-order valence-corrected chi connectivity index (χ4v) is 3.53. The van der Waals surface area contributed by atoms with Gasteiger partial charge in [0.25, 0.3) is 0 Å². The number of methoxy groups -OCH3 is 2. The van der Waals surface area contributed by atoms with E-state index in [-0.39, 0.29) is 17.4 Å². The Morgan fingerprint density at radius 1 is 1.03 bits per heavy atom. The van der Waals surface area contributed by atoms with E-state index in [0.29, 0.717) is 29.3 Å². The molecule has 0 atom stereocenters. The lowest BCUT2D eigenvalue weighted by Crippen LogP contribution is -2.17. The molecule has 0 unspecified atom stereocenters. The second-order valence-electron chi connectivity index (χ2n) is 6.12. The quantitative estimate of drug-likeness (QED) is 0.265. The van der Waals surface area contributed by atoms with Gasteiger partial charge in [-0.15, -0.1) is 0 Å². The van der Waals surface area contributed by atoms with Gasteiger partial charge in [-0.1, -0.05) is 6.07 Å². The van der Waals surface area contributed by atoms with Crippen LogP contribution in [-0.2, 0) is 12.7 Å². The molecule has 1 aromatic carbocycles. The SMILES string of the molecule is COc1ccc(CN(Sc2cc(C(F)(F)F)c(F)cn2)c2cccc(F)n2)c(OC)c1. The van der Waals surface area contributed by atoms with Gasteiger partial charge >= 0.3 is 6.18 Å². The number of hydrogen-bond acceptors (Lipinski definition) is 6. The summed E-state index contributed by atoms with van der Waals surface area (Å²) in [6, 6.07) is 9.64. The summed E-state index contributed by atoms with van der Waals surface area (Å²) >= 11 is 0.753. The number of benzene rings is 1. The molecule has 0 aliphatic heterocycles. The molecule has 0 radical (unpaired) electrons. The van der Waals surface area contributed by atoms with Crippen molar-refractivity contribution >= 4 is 17.8 Å². The fraction of sp³-hybridized carbons (Fsp3) is 0.200. The lowest BCUT2D eigenvalue weighted by atomic mass is 10.2. The van der Waals surface area contributed by atoms with Gasteiger partial charge in [0.2, 0.25) is 5.95 Å². The molecule has 0 amide bonds. The van der Waals surface area contributed by atoms with E-state index in [4.69, 9.17) is 9.47 Å². The molecule has 0 aliphatic rings. The number of anilines is 1. The lowest BCUT2D eigenvalue weighted by Gasteiger charge is -2.23. The maximum atomic E-state index is 13.7. The molecule has 2 aromatic heterocycles. The van der Waals surface area contributed by atoms with Gasteiger partial charge in [-0.05, 0) is 30.3 Å². The Labute approximate surface area is 179 Å². The van der Waals surface area contributed by atoms with Crippen LogP contribution in [0.15, 0.2) is 53.7 Å². The Balaban J connectivity index is 1.99. The molecule has 3 aromatic rings. The van der Waals surface area contributed by atoms with Gasteiger partial charge in [0.05, 0.1) is 32.5 Å². The molecule has 0 bridgehead atoms. The minimum Gasteiger partial charge on any atom is -0.497 e. The lowest BCUT2D eigenvalue weighted by molar-refractivity contribution is -0.140. The van der Waals surface area contributed by atoms with Gasteiger partial charge in [0, 0.05) is 23.6 Å². The molecule has 0 aliphatic carbocycles. The summed E-state index contributed by atoms with van der Waals surface area (Å²) in [6.07, 6.45) is -4.39. The highest BCUT2D eigenvalue weighted by Gasteiger charge is 2.35. The zero-order chi connectivity index (χ0) is 22.6. The average molecular weight is 457 g/mol. The molecular formula is C20H16F5N3O2S. The van der Waals surface area contributed by atoms with Crippen LogP contribution in [0.4, 0.5) is 27.8 Å². The van der Waals surface area contributed by atoms with E-state index in [9.17, 15) is 22.0 Å². The van der Waals surface area contributed by atoms with Gasteiger partial charge in [-0.2, -0.15) is 17.6 Å². The predicted octanol–water partition coefficient (Wildman–Crippen LogP) is 5.50. The molecule has 0 fully saturated rings. The first-order chi connectivity index (χ1) is 14.7. The summed E-state index contributed by atoms with van der Waals surface area (Å²) < 4.78 is 78.5. The number of aromatic nitrogens is 2. The zero-order valence-electron chi connectivity index (χ0n) is 16.3. The highest BCUT2D eigenvalue weighted by molar-refractivity contribution is 8.00. The van der Waals surface area contributed by atoms with E-state index in [2.05, 4.69) is 9.97 Å². The van der Waals surface area contributed by atoms with Crippen LogP contribution >= 0.6 is 11.9 Å². The third-order valence-electron chi connectivity index (χ3n) is 4.10. The third kappa shape index (κ3) is 5.54. The maximum Gasteiger partial charge on any atom is 0.419 e. The van der Waals surface area contributed by atoms with Crippen LogP contribution in [0.1, 0.15) is 11.1 Å². The van der Waals surface area contributed by atoms with Gasteiger partial charge in [-0.25, -0.2) is 14.4 Å². The van der Waals surface area contributed by atoms with E-state index in [1.807, 2.05) is 0 Å². The maximum absolute atomic E-state index is 13.7. The fourth-order valence-electron chi connectivity index (χ4n) is 2.63. The van der Waals surface area contributed by atoms with Gasteiger partial charge < -0.3 is 9.47 Å². The van der Waals surface area contributed by atoms with Crippen molar-refractivity contribution in [1.29, 1.82) is 0 Å². The van der Waals surface area contributed by atoms with Crippen LogP contribution in [0.5, 0.6) is 11.5 Å². The number of halogens is 5. The molecule has 0 spiro atoms. The first-order valence-electron chi connectivity index (χ1n) is 8.73. The number of hydrogen-bond donors (Lipinski definition) is 0. The van der Waals surface area contributed by atoms with E-state index in [1.165, 1.54) is 30.7 Å². The monoisotopic (exact) mass is 457 g/mol. The number of alkyl halides is 3. The summed E-state index contributed by atoms with van der Waals surface area (Å²) in [5.41, 5.74) is -0.820. The van der Waals surface area contributed by atoms with E-state index < -0.39 is 23.5 Å². The van der Waals surface area contributed by atoms with Crippen LogP contribution in [0, 0.1) is 11.8 Å². The second kappa shape index (κ2) is 9.38. The normalized spacial score (nSPS) is 11.3. The van der Waals surface area contributed by atoms with E-state index in [0.717, 1.165) is 18.0 Å². The summed E-state index contributed by atoms with van der Waals surface area (Å²) in [5.74, 6) is -1.14. The van der Waals surface area contributed by atoms with Crippen molar-refractivity contribution < 1.29 is 31.4 Å². The summed E-state index contributed by atoms with van der Waals surface area (Å²) in [6.45, 7) is 0.0642. The van der Waals surface area contributed by atoms with Crippen LogP contribution in [0.3, 0.4) is 0 Å².